The van der Waals surface area contributed by atoms with Gasteiger partial charge in [-0.15, -0.1) is 0 Å². The Labute approximate surface area is 127 Å². The van der Waals surface area contributed by atoms with E-state index in [4.69, 9.17) is 0 Å². The molecule has 20 heavy (non-hydrogen) atoms. The Kier molecular flexibility index (Phi) is 4.06. The average molecular weight is 337 g/mol. The summed E-state index contributed by atoms with van der Waals surface area (Å²) in [6.45, 7) is 0. The second-order valence-electron chi connectivity index (χ2n) is 5.90. The van der Waals surface area contributed by atoms with Gasteiger partial charge in [-0.05, 0) is 76.9 Å². The van der Waals surface area contributed by atoms with Crippen LogP contribution in [0.4, 0.5) is 4.39 Å². The van der Waals surface area contributed by atoms with Crippen LogP contribution < -0.4 is 0 Å². The van der Waals surface area contributed by atoms with Gasteiger partial charge in [0.15, 0.2) is 5.78 Å². The molecular weight excluding hydrogens is 319 g/mol. The second kappa shape index (κ2) is 5.80. The van der Waals surface area contributed by atoms with Crippen molar-refractivity contribution in [2.75, 3.05) is 0 Å². The summed E-state index contributed by atoms with van der Waals surface area (Å²) < 4.78 is 13.7. The maximum absolute atomic E-state index is 13.2. The van der Waals surface area contributed by atoms with E-state index in [9.17, 15) is 9.18 Å². The van der Waals surface area contributed by atoms with Gasteiger partial charge in [-0.3, -0.25) is 4.79 Å². The number of Topliss-reactive ketones (excluding diaryl/α,β-unsaturated/α-hetero) is 1. The number of ketones is 1. The van der Waals surface area contributed by atoms with Crippen molar-refractivity contribution in [1.29, 1.82) is 0 Å². The van der Waals surface area contributed by atoms with Crippen LogP contribution in [-0.2, 0) is 4.79 Å². The highest BCUT2D eigenvalue weighted by molar-refractivity contribution is 9.10. The molecule has 0 spiro atoms. The molecule has 1 aromatic carbocycles. The van der Waals surface area contributed by atoms with Crippen LogP contribution in [0.15, 0.2) is 28.2 Å². The van der Waals surface area contributed by atoms with Crippen LogP contribution in [0.5, 0.6) is 0 Å². The molecule has 0 radical (unpaired) electrons. The van der Waals surface area contributed by atoms with E-state index in [-0.39, 0.29) is 11.7 Å². The summed E-state index contributed by atoms with van der Waals surface area (Å²) in [5.74, 6) is 0.909. The Balaban J connectivity index is 1.78. The number of benzene rings is 1. The normalized spacial score (nSPS) is 25.8. The molecule has 106 valence electrons. The Bertz CT molecular complexity index is 558. The predicted octanol–water partition coefficient (Wildman–Crippen LogP) is 5.14. The van der Waals surface area contributed by atoms with Gasteiger partial charge in [0.2, 0.25) is 0 Å². The fourth-order valence-electron chi connectivity index (χ4n) is 3.56. The number of halogens is 2. The van der Waals surface area contributed by atoms with Crippen LogP contribution in [0.1, 0.15) is 44.1 Å². The third kappa shape index (κ3) is 2.73. The Morgan fingerprint density at radius 2 is 1.95 bits per heavy atom. The van der Waals surface area contributed by atoms with Gasteiger partial charge >= 0.3 is 0 Å². The van der Waals surface area contributed by atoms with E-state index in [1.54, 1.807) is 12.1 Å². The van der Waals surface area contributed by atoms with Crippen molar-refractivity contribution in [3.63, 3.8) is 0 Å². The third-order valence-electron chi connectivity index (χ3n) is 4.63. The first-order chi connectivity index (χ1) is 9.65. The molecule has 0 aromatic heterocycles. The van der Waals surface area contributed by atoms with E-state index < -0.39 is 0 Å². The number of rotatable bonds is 2. The van der Waals surface area contributed by atoms with Gasteiger partial charge in [-0.1, -0.05) is 18.9 Å². The second-order valence-corrected chi connectivity index (χ2v) is 6.75. The molecule has 2 aliphatic carbocycles. The minimum Gasteiger partial charge on any atom is -0.294 e. The lowest BCUT2D eigenvalue weighted by molar-refractivity contribution is -0.119. The van der Waals surface area contributed by atoms with E-state index in [0.29, 0.717) is 16.2 Å². The van der Waals surface area contributed by atoms with Gasteiger partial charge < -0.3 is 0 Å². The molecule has 0 aliphatic heterocycles. The van der Waals surface area contributed by atoms with Crippen LogP contribution in [0, 0.1) is 17.7 Å². The highest BCUT2D eigenvalue weighted by atomic mass is 79.9. The van der Waals surface area contributed by atoms with E-state index >= 15 is 0 Å². The molecule has 0 amide bonds. The quantitative estimate of drug-likeness (QED) is 0.683. The summed E-state index contributed by atoms with van der Waals surface area (Å²) in [6, 6.07) is 4.89. The minimum atomic E-state index is -0.270. The van der Waals surface area contributed by atoms with E-state index in [1.807, 2.05) is 6.08 Å². The maximum Gasteiger partial charge on any atom is 0.162 e. The number of allylic oxidation sites excluding steroid dienone is 1. The summed E-state index contributed by atoms with van der Waals surface area (Å²) in [6.07, 6.45) is 8.78. The van der Waals surface area contributed by atoms with Crippen molar-refractivity contribution in [3.05, 3.63) is 39.6 Å². The zero-order valence-electron chi connectivity index (χ0n) is 11.4. The molecule has 1 atom stereocenters. The first kappa shape index (κ1) is 14.0. The van der Waals surface area contributed by atoms with Crippen molar-refractivity contribution < 1.29 is 9.18 Å². The fourth-order valence-corrected chi connectivity index (χ4v) is 3.96. The predicted molar refractivity (Wildman–Crippen MR) is 81.8 cm³/mol. The summed E-state index contributed by atoms with van der Waals surface area (Å²) in [5.41, 5.74) is 1.81. The van der Waals surface area contributed by atoms with Gasteiger partial charge in [0, 0.05) is 5.92 Å². The lowest BCUT2D eigenvalue weighted by atomic mass is 9.88. The molecule has 3 heteroatoms. The van der Waals surface area contributed by atoms with Crippen molar-refractivity contribution in [3.8, 4) is 0 Å². The number of hydrogen-bond donors (Lipinski definition) is 0. The van der Waals surface area contributed by atoms with Crippen LogP contribution in [0.3, 0.4) is 0 Å². The standard InChI is InChI=1S/C17H18BrFO/c18-15-10-11(5-8-16(15)19)9-13-6-7-14(17(13)20)12-3-1-2-4-12/h5,8-10,12,14H,1-4,6-7H2/b13-9-/t14-/m0/s1. The van der Waals surface area contributed by atoms with Gasteiger partial charge in [-0.2, -0.15) is 0 Å². The SMILES string of the molecule is O=C1/C(=C\c2ccc(F)c(Br)c2)CC[C@H]1C1CCCC1. The van der Waals surface area contributed by atoms with Gasteiger partial charge in [0.05, 0.1) is 4.47 Å². The van der Waals surface area contributed by atoms with Gasteiger partial charge in [0.25, 0.3) is 0 Å². The first-order valence-corrected chi connectivity index (χ1v) is 8.14. The summed E-state index contributed by atoms with van der Waals surface area (Å²) >= 11 is 3.19. The van der Waals surface area contributed by atoms with Crippen molar-refractivity contribution in [1.82, 2.24) is 0 Å². The molecule has 0 unspecified atom stereocenters. The maximum atomic E-state index is 13.2. The monoisotopic (exact) mass is 336 g/mol. The smallest absolute Gasteiger partial charge is 0.162 e. The Morgan fingerprint density at radius 1 is 1.20 bits per heavy atom. The number of carbonyl (C=O) groups is 1. The molecule has 2 saturated carbocycles. The van der Waals surface area contributed by atoms with Gasteiger partial charge in [-0.25, -0.2) is 4.39 Å². The lowest BCUT2D eigenvalue weighted by Gasteiger charge is -2.15. The molecule has 2 fully saturated rings. The van der Waals surface area contributed by atoms with E-state index in [2.05, 4.69) is 15.9 Å². The molecule has 0 bridgehead atoms. The van der Waals surface area contributed by atoms with Crippen LogP contribution in [0.25, 0.3) is 6.08 Å². The number of carbonyl (C=O) groups excluding carboxylic acids is 1. The van der Waals surface area contributed by atoms with Crippen LogP contribution >= 0.6 is 15.9 Å². The Hall–Kier alpha value is -0.960. The zero-order valence-corrected chi connectivity index (χ0v) is 13.0. The third-order valence-corrected chi connectivity index (χ3v) is 5.24. The van der Waals surface area contributed by atoms with E-state index in [1.165, 1.54) is 31.7 Å². The Morgan fingerprint density at radius 3 is 2.65 bits per heavy atom. The van der Waals surface area contributed by atoms with Crippen molar-refractivity contribution in [2.24, 2.45) is 11.8 Å². The van der Waals surface area contributed by atoms with Crippen molar-refractivity contribution >= 4 is 27.8 Å². The summed E-state index contributed by atoms with van der Waals surface area (Å²) in [7, 11) is 0. The van der Waals surface area contributed by atoms with Crippen LogP contribution in [0.2, 0.25) is 0 Å². The lowest BCUT2D eigenvalue weighted by Crippen LogP contribution is -2.16. The molecule has 2 aliphatic rings. The summed E-state index contributed by atoms with van der Waals surface area (Å²) in [4.78, 5) is 12.5. The average Bonchev–Trinajstić information content (AvgIpc) is 3.05. The van der Waals surface area contributed by atoms with Crippen molar-refractivity contribution in [2.45, 2.75) is 38.5 Å². The minimum absolute atomic E-state index is 0.243. The molecule has 1 aromatic rings. The summed E-state index contributed by atoms with van der Waals surface area (Å²) in [5, 5.41) is 0. The highest BCUT2D eigenvalue weighted by Gasteiger charge is 2.36. The molecule has 0 heterocycles. The molecule has 3 rings (SSSR count). The van der Waals surface area contributed by atoms with Gasteiger partial charge in [0.1, 0.15) is 5.82 Å². The first-order valence-electron chi connectivity index (χ1n) is 7.35. The fraction of sp³-hybridized carbons (Fsp3) is 0.471. The molecule has 0 saturated heterocycles. The highest BCUT2D eigenvalue weighted by Crippen LogP contribution is 2.40. The molecule has 1 nitrogen and oxygen atoms in total. The molecular formula is C17H18BrFO. The largest absolute Gasteiger partial charge is 0.294 e. The molecule has 0 N–H and O–H groups in total. The zero-order chi connectivity index (χ0) is 14.1. The topological polar surface area (TPSA) is 17.1 Å². The van der Waals surface area contributed by atoms with Crippen LogP contribution in [-0.4, -0.2) is 5.78 Å². The van der Waals surface area contributed by atoms with E-state index in [0.717, 1.165) is 24.0 Å². The number of hydrogen-bond acceptors (Lipinski definition) is 1.